The van der Waals surface area contributed by atoms with Gasteiger partial charge in [0, 0.05) is 19.3 Å². The van der Waals surface area contributed by atoms with Crippen LogP contribution in [0.15, 0.2) is 97.2 Å². The van der Waals surface area contributed by atoms with E-state index in [4.69, 9.17) is 14.2 Å². The molecule has 0 saturated carbocycles. The molecule has 0 spiro atoms. The van der Waals surface area contributed by atoms with Gasteiger partial charge in [-0.05, 0) is 103 Å². The first-order chi connectivity index (χ1) is 31.5. The Morgan fingerprint density at radius 1 is 0.344 bits per heavy atom. The van der Waals surface area contributed by atoms with Crippen molar-refractivity contribution in [3.8, 4) is 0 Å². The lowest BCUT2D eigenvalue weighted by Gasteiger charge is -2.18. The Labute approximate surface area is 394 Å². The molecule has 0 aromatic rings. The number of carbonyl (C=O) groups is 3. The zero-order valence-corrected chi connectivity index (χ0v) is 41.5. The molecule has 0 N–H and O–H groups in total. The maximum absolute atomic E-state index is 12.8. The van der Waals surface area contributed by atoms with E-state index in [2.05, 4.69) is 118 Å². The van der Waals surface area contributed by atoms with Gasteiger partial charge < -0.3 is 14.2 Å². The summed E-state index contributed by atoms with van der Waals surface area (Å²) >= 11 is 0. The molecule has 0 aromatic heterocycles. The summed E-state index contributed by atoms with van der Waals surface area (Å²) in [6.07, 6.45) is 68.2. The molecule has 64 heavy (non-hydrogen) atoms. The van der Waals surface area contributed by atoms with Crippen LogP contribution in [0.3, 0.4) is 0 Å². The van der Waals surface area contributed by atoms with Gasteiger partial charge in [-0.15, -0.1) is 0 Å². The summed E-state index contributed by atoms with van der Waals surface area (Å²) < 4.78 is 16.7. The number of hydrogen-bond donors (Lipinski definition) is 0. The fourth-order valence-electron chi connectivity index (χ4n) is 6.90. The molecule has 1 unspecified atom stereocenters. The van der Waals surface area contributed by atoms with E-state index in [0.717, 1.165) is 103 Å². The van der Waals surface area contributed by atoms with E-state index in [1.54, 1.807) is 0 Å². The van der Waals surface area contributed by atoms with Gasteiger partial charge in [0.15, 0.2) is 6.10 Å². The van der Waals surface area contributed by atoms with Crippen molar-refractivity contribution in [2.24, 2.45) is 0 Å². The van der Waals surface area contributed by atoms with E-state index < -0.39 is 6.10 Å². The van der Waals surface area contributed by atoms with Crippen molar-refractivity contribution >= 4 is 17.9 Å². The highest BCUT2D eigenvalue weighted by molar-refractivity contribution is 5.71. The number of hydrogen-bond acceptors (Lipinski definition) is 6. The SMILES string of the molecule is CC/C=C/C=C/C=C/CCCCCCCC(=O)OCC(COC(=O)CCC/C=C/C/C=C/C/C=C/C/C=C/CCCCC)OC(=O)CCCCCCC/C=C/CCCCCCCCC. The predicted molar refractivity (Wildman–Crippen MR) is 274 cm³/mol. The third-order valence-corrected chi connectivity index (χ3v) is 10.9. The van der Waals surface area contributed by atoms with Gasteiger partial charge in [-0.3, -0.25) is 14.4 Å². The molecule has 0 aromatic carbocycles. The first-order valence-corrected chi connectivity index (χ1v) is 26.3. The zero-order chi connectivity index (χ0) is 46.5. The van der Waals surface area contributed by atoms with Crippen LogP contribution >= 0.6 is 0 Å². The molecule has 6 heteroatoms. The molecule has 0 amide bonds. The molecule has 6 nitrogen and oxygen atoms in total. The fourth-order valence-corrected chi connectivity index (χ4v) is 6.90. The van der Waals surface area contributed by atoms with Gasteiger partial charge in [0.05, 0.1) is 0 Å². The Morgan fingerprint density at radius 3 is 1.19 bits per heavy atom. The topological polar surface area (TPSA) is 78.9 Å². The molecule has 0 radical (unpaired) electrons. The first kappa shape index (κ1) is 60.3. The van der Waals surface area contributed by atoms with Gasteiger partial charge in [0.25, 0.3) is 0 Å². The molecule has 0 saturated heterocycles. The first-order valence-electron chi connectivity index (χ1n) is 26.3. The van der Waals surface area contributed by atoms with Crippen molar-refractivity contribution in [2.45, 2.75) is 239 Å². The minimum absolute atomic E-state index is 0.110. The van der Waals surface area contributed by atoms with Gasteiger partial charge in [0.1, 0.15) is 13.2 Å². The molecular formula is C58H96O6. The largest absolute Gasteiger partial charge is 0.462 e. The molecule has 0 heterocycles. The number of esters is 3. The molecule has 0 fully saturated rings. The lowest BCUT2D eigenvalue weighted by Crippen LogP contribution is -2.30. The number of carbonyl (C=O) groups excluding carboxylic acids is 3. The van der Waals surface area contributed by atoms with Crippen LogP contribution in [0.25, 0.3) is 0 Å². The molecule has 0 bridgehead atoms. The number of allylic oxidation sites excluding steroid dienone is 16. The maximum atomic E-state index is 12.8. The molecule has 0 aliphatic rings. The maximum Gasteiger partial charge on any atom is 0.306 e. The summed E-state index contributed by atoms with van der Waals surface area (Å²) in [6.45, 7) is 6.39. The molecule has 364 valence electrons. The Balaban J connectivity index is 4.52. The monoisotopic (exact) mass is 889 g/mol. The third-order valence-electron chi connectivity index (χ3n) is 10.9. The van der Waals surface area contributed by atoms with Gasteiger partial charge in [0.2, 0.25) is 0 Å². The normalized spacial score (nSPS) is 12.9. The van der Waals surface area contributed by atoms with Crippen LogP contribution < -0.4 is 0 Å². The highest BCUT2D eigenvalue weighted by atomic mass is 16.6. The smallest absolute Gasteiger partial charge is 0.306 e. The summed E-state index contributed by atoms with van der Waals surface area (Å²) in [5, 5.41) is 0. The number of ether oxygens (including phenoxy) is 3. The van der Waals surface area contributed by atoms with Crippen molar-refractivity contribution in [3.63, 3.8) is 0 Å². The summed E-state index contributed by atoms with van der Waals surface area (Å²) in [4.78, 5) is 38.0. The second-order valence-corrected chi connectivity index (χ2v) is 17.1. The van der Waals surface area contributed by atoms with Crippen molar-refractivity contribution < 1.29 is 28.6 Å². The second-order valence-electron chi connectivity index (χ2n) is 17.1. The van der Waals surface area contributed by atoms with Crippen LogP contribution in [0.2, 0.25) is 0 Å². The van der Waals surface area contributed by atoms with Gasteiger partial charge in [-0.25, -0.2) is 0 Å². The van der Waals surface area contributed by atoms with Crippen LogP contribution in [0, 0.1) is 0 Å². The van der Waals surface area contributed by atoms with Crippen LogP contribution in [0.1, 0.15) is 233 Å². The lowest BCUT2D eigenvalue weighted by molar-refractivity contribution is -0.167. The third kappa shape index (κ3) is 49.3. The highest BCUT2D eigenvalue weighted by Crippen LogP contribution is 2.13. The quantitative estimate of drug-likeness (QED) is 0.0199. The van der Waals surface area contributed by atoms with Gasteiger partial charge in [-0.1, -0.05) is 208 Å². The molecule has 0 aliphatic heterocycles. The van der Waals surface area contributed by atoms with Crippen LogP contribution in [0.4, 0.5) is 0 Å². The van der Waals surface area contributed by atoms with E-state index in [1.807, 2.05) is 0 Å². The minimum Gasteiger partial charge on any atom is -0.462 e. The Bertz CT molecular complexity index is 1300. The lowest BCUT2D eigenvalue weighted by atomic mass is 10.1. The zero-order valence-electron chi connectivity index (χ0n) is 41.5. The van der Waals surface area contributed by atoms with Crippen molar-refractivity contribution in [1.82, 2.24) is 0 Å². The van der Waals surface area contributed by atoms with Gasteiger partial charge in [-0.2, -0.15) is 0 Å². The standard InChI is InChI=1S/C58H96O6/c1-4-7-10-13-16-19-22-25-27-29-31-33-36-39-42-45-48-51-57(60)63-54-55(53-62-56(59)50-47-44-41-38-35-32-24-21-18-15-12-9-6-3)64-58(61)52-49-46-43-40-37-34-30-28-26-23-20-17-14-11-8-5-2/h9,12,15-16,18-19,21,24-25,27-28,30-31,33,39,42,55H,4-8,10-11,13-14,17,20,22-23,26,29,32,34-38,40-41,43-54H2,1-3H3/b12-9+,18-15+,19-16+,24-21+,27-25+,30-28+,33-31+,42-39+. The van der Waals surface area contributed by atoms with Crippen LogP contribution in [0.5, 0.6) is 0 Å². The van der Waals surface area contributed by atoms with Crippen LogP contribution in [-0.2, 0) is 28.6 Å². The fraction of sp³-hybridized carbons (Fsp3) is 0.672. The second kappa shape index (κ2) is 52.0. The molecule has 1 atom stereocenters. The molecular weight excluding hydrogens is 793 g/mol. The Morgan fingerprint density at radius 2 is 0.688 bits per heavy atom. The van der Waals surface area contributed by atoms with Crippen molar-refractivity contribution in [2.75, 3.05) is 13.2 Å². The summed E-state index contributed by atoms with van der Waals surface area (Å²) in [6, 6.07) is 0. The van der Waals surface area contributed by atoms with E-state index in [9.17, 15) is 14.4 Å². The van der Waals surface area contributed by atoms with Crippen molar-refractivity contribution in [1.29, 1.82) is 0 Å². The number of unbranched alkanes of at least 4 members (excludes halogenated alkanes) is 21. The van der Waals surface area contributed by atoms with E-state index >= 15 is 0 Å². The Hall–Kier alpha value is -3.67. The Kier molecular flexibility index (Phi) is 49.0. The average Bonchev–Trinajstić information content (AvgIpc) is 3.29. The number of rotatable bonds is 46. The minimum atomic E-state index is -0.813. The summed E-state index contributed by atoms with van der Waals surface area (Å²) in [5.74, 6) is -0.997. The molecule has 0 rings (SSSR count). The molecule has 0 aliphatic carbocycles. The van der Waals surface area contributed by atoms with Crippen LogP contribution in [-0.4, -0.2) is 37.2 Å². The summed E-state index contributed by atoms with van der Waals surface area (Å²) in [7, 11) is 0. The van der Waals surface area contributed by atoms with E-state index in [0.29, 0.717) is 19.3 Å². The average molecular weight is 889 g/mol. The highest BCUT2D eigenvalue weighted by Gasteiger charge is 2.19. The van der Waals surface area contributed by atoms with E-state index in [-0.39, 0.29) is 37.5 Å². The van der Waals surface area contributed by atoms with Crippen molar-refractivity contribution in [3.05, 3.63) is 97.2 Å². The predicted octanol–water partition coefficient (Wildman–Crippen LogP) is 17.4. The van der Waals surface area contributed by atoms with E-state index in [1.165, 1.54) is 83.5 Å². The summed E-state index contributed by atoms with van der Waals surface area (Å²) in [5.41, 5.74) is 0. The van der Waals surface area contributed by atoms with Gasteiger partial charge >= 0.3 is 17.9 Å².